The molecule has 0 bridgehead atoms. The van der Waals surface area contributed by atoms with Gasteiger partial charge in [-0.3, -0.25) is 4.79 Å². The van der Waals surface area contributed by atoms with Gasteiger partial charge in [0.15, 0.2) is 5.82 Å². The predicted molar refractivity (Wildman–Crippen MR) is 149 cm³/mol. The third kappa shape index (κ3) is 5.86. The van der Waals surface area contributed by atoms with Crippen LogP contribution in [0.5, 0.6) is 5.75 Å². The summed E-state index contributed by atoms with van der Waals surface area (Å²) in [5.41, 5.74) is 10.3. The first kappa shape index (κ1) is 25.5. The van der Waals surface area contributed by atoms with E-state index in [0.29, 0.717) is 13.0 Å². The van der Waals surface area contributed by atoms with Crippen LogP contribution < -0.4 is 15.8 Å². The molecular formula is C30H34N6O2. The van der Waals surface area contributed by atoms with Gasteiger partial charge in [-0.2, -0.15) is 0 Å². The third-order valence-electron chi connectivity index (χ3n) is 7.00. The number of nitrogens with two attached hydrogens (primary N) is 1. The average Bonchev–Trinajstić information content (AvgIpc) is 3.56. The van der Waals surface area contributed by atoms with Gasteiger partial charge in [-0.25, -0.2) is 0 Å². The van der Waals surface area contributed by atoms with Crippen LogP contribution in [0.4, 0.5) is 0 Å². The van der Waals surface area contributed by atoms with Crippen molar-refractivity contribution in [1.29, 1.82) is 0 Å². The number of rotatable bonds is 11. The van der Waals surface area contributed by atoms with Gasteiger partial charge < -0.3 is 25.3 Å². The highest BCUT2D eigenvalue weighted by molar-refractivity contribution is 5.83. The maximum absolute atomic E-state index is 12.5. The van der Waals surface area contributed by atoms with Gasteiger partial charge in [-0.05, 0) is 48.6 Å². The fraction of sp³-hybridized carbons (Fsp3) is 0.300. The van der Waals surface area contributed by atoms with E-state index in [4.69, 9.17) is 10.5 Å². The van der Waals surface area contributed by atoms with E-state index in [1.165, 1.54) is 5.57 Å². The Hall–Kier alpha value is -4.17. The molecule has 0 radical (unpaired) electrons. The molecule has 4 N–H and O–H groups in total. The number of hydrogen-bond donors (Lipinski definition) is 3. The highest BCUT2D eigenvalue weighted by atomic mass is 16.5. The van der Waals surface area contributed by atoms with Crippen LogP contribution in [0.2, 0.25) is 0 Å². The van der Waals surface area contributed by atoms with Crippen LogP contribution in [0.1, 0.15) is 48.1 Å². The van der Waals surface area contributed by atoms with Crippen LogP contribution >= 0.6 is 0 Å². The number of aryl methyl sites for hydroxylation is 1. The standard InChI is InChI=1S/C30H34N6O2/c1-38-24-14-11-22(12-15-24)20-36-28(16-13-21-7-3-2-4-8-21)34-35-30(36)27(33-29(37)18-31)17-23-19-32-26-10-6-5-9-25(23)26/h3,5-12,14-15,19,27,32H,2,4,13,16-18,20,31H2,1H3,(H,33,37)/t27-/m1/s1. The topological polar surface area (TPSA) is 111 Å². The SMILES string of the molecule is COc1ccc(Cn2c(CCC3=CCCC=C3)nnc2[C@@H](Cc2c[nH]c3ccccc23)NC(=O)CN)cc1. The summed E-state index contributed by atoms with van der Waals surface area (Å²) >= 11 is 0. The summed E-state index contributed by atoms with van der Waals surface area (Å²) in [5.74, 6) is 2.19. The summed E-state index contributed by atoms with van der Waals surface area (Å²) in [7, 11) is 1.66. The molecule has 1 atom stereocenters. The number of aromatic amines is 1. The highest BCUT2D eigenvalue weighted by Gasteiger charge is 2.24. The summed E-state index contributed by atoms with van der Waals surface area (Å²) in [6.45, 7) is 0.490. The van der Waals surface area contributed by atoms with Crippen LogP contribution in [-0.4, -0.2) is 39.3 Å². The minimum absolute atomic E-state index is 0.0929. The molecule has 0 aliphatic heterocycles. The summed E-state index contributed by atoms with van der Waals surface area (Å²) in [6.07, 6.45) is 13.1. The summed E-state index contributed by atoms with van der Waals surface area (Å²) in [5, 5.41) is 13.5. The monoisotopic (exact) mass is 510 g/mol. The fourth-order valence-corrected chi connectivity index (χ4v) is 4.97. The van der Waals surface area contributed by atoms with Crippen molar-refractivity contribution in [3.05, 3.63) is 101 Å². The number of methoxy groups -OCH3 is 1. The van der Waals surface area contributed by atoms with Crippen LogP contribution in [0.3, 0.4) is 0 Å². The first-order chi connectivity index (χ1) is 18.6. The second kappa shape index (κ2) is 11.9. The Morgan fingerprint density at radius 3 is 2.74 bits per heavy atom. The molecule has 1 amide bonds. The van der Waals surface area contributed by atoms with E-state index >= 15 is 0 Å². The van der Waals surface area contributed by atoms with E-state index in [1.807, 2.05) is 48.7 Å². The van der Waals surface area contributed by atoms with Crippen molar-refractivity contribution in [1.82, 2.24) is 25.1 Å². The number of hydrogen-bond acceptors (Lipinski definition) is 5. The quantitative estimate of drug-likeness (QED) is 0.277. The molecule has 0 saturated heterocycles. The number of aromatic nitrogens is 4. The van der Waals surface area contributed by atoms with Gasteiger partial charge in [-0.15, -0.1) is 10.2 Å². The van der Waals surface area contributed by atoms with E-state index in [1.54, 1.807) is 7.11 Å². The Bertz CT molecular complexity index is 1450. The zero-order valence-electron chi connectivity index (χ0n) is 21.7. The van der Waals surface area contributed by atoms with Gasteiger partial charge in [0.25, 0.3) is 0 Å². The zero-order valence-corrected chi connectivity index (χ0v) is 21.7. The molecule has 2 aromatic carbocycles. The van der Waals surface area contributed by atoms with Crippen molar-refractivity contribution < 1.29 is 9.53 Å². The summed E-state index contributed by atoms with van der Waals surface area (Å²) in [4.78, 5) is 15.9. The Morgan fingerprint density at radius 2 is 1.97 bits per heavy atom. The number of amides is 1. The molecule has 196 valence electrons. The molecular weight excluding hydrogens is 476 g/mol. The van der Waals surface area contributed by atoms with Crippen LogP contribution in [-0.2, 0) is 24.2 Å². The predicted octanol–water partition coefficient (Wildman–Crippen LogP) is 4.38. The lowest BCUT2D eigenvalue weighted by molar-refractivity contribution is -0.120. The Morgan fingerprint density at radius 1 is 1.13 bits per heavy atom. The average molecular weight is 511 g/mol. The number of fused-ring (bicyclic) bond motifs is 1. The molecule has 0 fully saturated rings. The Labute approximate surface area is 222 Å². The van der Waals surface area contributed by atoms with Crippen LogP contribution in [0.25, 0.3) is 10.9 Å². The number of ether oxygens (including phenoxy) is 1. The maximum Gasteiger partial charge on any atom is 0.234 e. The van der Waals surface area contributed by atoms with E-state index in [-0.39, 0.29) is 12.5 Å². The Kier molecular flexibility index (Phi) is 7.99. The number of para-hydroxylation sites is 1. The number of carbonyl (C=O) groups is 1. The number of benzene rings is 2. The van der Waals surface area contributed by atoms with Gasteiger partial charge in [0.05, 0.1) is 26.2 Å². The number of allylic oxidation sites excluding steroid dienone is 4. The van der Waals surface area contributed by atoms with Gasteiger partial charge in [0.2, 0.25) is 5.91 Å². The van der Waals surface area contributed by atoms with Crippen molar-refractivity contribution in [2.45, 2.75) is 44.7 Å². The van der Waals surface area contributed by atoms with E-state index < -0.39 is 6.04 Å². The number of H-pyrrole nitrogens is 1. The molecule has 2 aromatic heterocycles. The molecule has 2 heterocycles. The van der Waals surface area contributed by atoms with Crippen molar-refractivity contribution in [2.75, 3.05) is 13.7 Å². The molecule has 4 aromatic rings. The van der Waals surface area contributed by atoms with E-state index in [9.17, 15) is 4.79 Å². The molecule has 0 unspecified atom stereocenters. The number of nitrogens with one attached hydrogen (secondary N) is 2. The molecule has 8 heteroatoms. The summed E-state index contributed by atoms with van der Waals surface area (Å²) in [6, 6.07) is 15.8. The first-order valence-corrected chi connectivity index (χ1v) is 13.1. The number of carbonyl (C=O) groups excluding carboxylic acids is 1. The molecule has 38 heavy (non-hydrogen) atoms. The van der Waals surface area contributed by atoms with Gasteiger partial charge in [0, 0.05) is 29.9 Å². The summed E-state index contributed by atoms with van der Waals surface area (Å²) < 4.78 is 7.48. The Balaban J connectivity index is 1.50. The van der Waals surface area contributed by atoms with Gasteiger partial charge in [-0.1, -0.05) is 54.1 Å². The fourth-order valence-electron chi connectivity index (χ4n) is 4.97. The molecule has 8 nitrogen and oxygen atoms in total. The lowest BCUT2D eigenvalue weighted by Crippen LogP contribution is -2.36. The van der Waals surface area contributed by atoms with Gasteiger partial charge >= 0.3 is 0 Å². The highest BCUT2D eigenvalue weighted by Crippen LogP contribution is 2.26. The second-order valence-corrected chi connectivity index (χ2v) is 9.56. The van der Waals surface area contributed by atoms with Gasteiger partial charge in [0.1, 0.15) is 11.6 Å². The first-order valence-electron chi connectivity index (χ1n) is 13.1. The molecule has 0 spiro atoms. The number of nitrogens with zero attached hydrogens (tertiary/aromatic N) is 3. The largest absolute Gasteiger partial charge is 0.497 e. The maximum atomic E-state index is 12.5. The van der Waals surface area contributed by atoms with Crippen molar-refractivity contribution in [3.8, 4) is 5.75 Å². The smallest absolute Gasteiger partial charge is 0.234 e. The lowest BCUT2D eigenvalue weighted by Gasteiger charge is -2.20. The molecule has 0 saturated carbocycles. The lowest BCUT2D eigenvalue weighted by atomic mass is 10.0. The van der Waals surface area contributed by atoms with Crippen molar-refractivity contribution in [3.63, 3.8) is 0 Å². The molecule has 1 aliphatic rings. The molecule has 5 rings (SSSR count). The zero-order chi connectivity index (χ0) is 26.3. The minimum atomic E-state index is -0.390. The van der Waals surface area contributed by atoms with E-state index in [0.717, 1.165) is 65.1 Å². The van der Waals surface area contributed by atoms with E-state index in [2.05, 4.69) is 49.4 Å². The molecule has 1 aliphatic carbocycles. The second-order valence-electron chi connectivity index (χ2n) is 9.56. The minimum Gasteiger partial charge on any atom is -0.497 e. The van der Waals surface area contributed by atoms with Crippen LogP contribution in [0.15, 0.2) is 78.5 Å². The third-order valence-corrected chi connectivity index (χ3v) is 7.00. The van der Waals surface area contributed by atoms with Crippen LogP contribution in [0, 0.1) is 0 Å². The van der Waals surface area contributed by atoms with Crippen molar-refractivity contribution in [2.24, 2.45) is 5.73 Å². The normalized spacial score (nSPS) is 13.9. The van der Waals surface area contributed by atoms with Crippen molar-refractivity contribution >= 4 is 16.8 Å².